The van der Waals surface area contributed by atoms with Crippen LogP contribution in [0.15, 0.2) is 0 Å². The van der Waals surface area contributed by atoms with Crippen LogP contribution in [0.4, 0.5) is 0 Å². The van der Waals surface area contributed by atoms with Gasteiger partial charge in [0.25, 0.3) is 0 Å². The van der Waals surface area contributed by atoms with E-state index in [-0.39, 0.29) is 5.97 Å². The van der Waals surface area contributed by atoms with Crippen molar-refractivity contribution in [1.82, 2.24) is 10.2 Å². The summed E-state index contributed by atoms with van der Waals surface area (Å²) in [5.74, 6) is 0.238. The van der Waals surface area contributed by atoms with Gasteiger partial charge in [-0.05, 0) is 39.2 Å². The van der Waals surface area contributed by atoms with Crippen molar-refractivity contribution in [3.05, 3.63) is 0 Å². The van der Waals surface area contributed by atoms with Gasteiger partial charge in [-0.2, -0.15) is 0 Å². The Morgan fingerprint density at radius 1 is 1.45 bits per heavy atom. The number of hydrogen-bond acceptors (Lipinski definition) is 5. The van der Waals surface area contributed by atoms with E-state index in [4.69, 9.17) is 9.47 Å². The highest BCUT2D eigenvalue weighted by atomic mass is 16.5. The first-order valence-electron chi connectivity index (χ1n) is 7.56. The topological polar surface area (TPSA) is 50.8 Å². The van der Waals surface area contributed by atoms with Crippen LogP contribution in [0.3, 0.4) is 0 Å². The van der Waals surface area contributed by atoms with Crippen LogP contribution >= 0.6 is 0 Å². The summed E-state index contributed by atoms with van der Waals surface area (Å²) in [6.45, 7) is 6.55. The van der Waals surface area contributed by atoms with Crippen LogP contribution in [-0.2, 0) is 14.3 Å². The fourth-order valence-corrected chi connectivity index (χ4v) is 2.75. The van der Waals surface area contributed by atoms with E-state index in [1.807, 2.05) is 7.05 Å². The number of methoxy groups -OCH3 is 2. The molecule has 118 valence electrons. The van der Waals surface area contributed by atoms with Crippen molar-refractivity contribution in [3.63, 3.8) is 0 Å². The lowest BCUT2D eigenvalue weighted by molar-refractivity contribution is -0.151. The molecule has 1 fully saturated rings. The zero-order valence-corrected chi connectivity index (χ0v) is 13.6. The SMILES string of the molecule is CCC(C)N(CCOC)CC(NC)(C(=O)OC)C1CC1. The molecule has 5 nitrogen and oxygen atoms in total. The van der Waals surface area contributed by atoms with E-state index in [0.717, 1.165) is 25.8 Å². The summed E-state index contributed by atoms with van der Waals surface area (Å²) in [5.41, 5.74) is -0.577. The number of nitrogens with zero attached hydrogens (tertiary/aromatic N) is 1. The van der Waals surface area contributed by atoms with Crippen molar-refractivity contribution in [2.75, 3.05) is 41.0 Å². The summed E-state index contributed by atoms with van der Waals surface area (Å²) >= 11 is 0. The van der Waals surface area contributed by atoms with Gasteiger partial charge in [-0.15, -0.1) is 0 Å². The number of carbonyl (C=O) groups is 1. The molecule has 0 heterocycles. The number of rotatable bonds is 10. The zero-order chi connectivity index (χ0) is 15.2. The standard InChI is InChI=1S/C15H30N2O3/c1-6-12(2)17(9-10-19-4)11-15(16-3,13-7-8-13)14(18)20-5/h12-13,16H,6-11H2,1-5H3. The first kappa shape index (κ1) is 17.4. The van der Waals surface area contributed by atoms with Crippen molar-refractivity contribution in [2.24, 2.45) is 5.92 Å². The molecule has 0 aromatic heterocycles. The highest BCUT2D eigenvalue weighted by molar-refractivity contribution is 5.82. The van der Waals surface area contributed by atoms with Crippen LogP contribution in [-0.4, -0.2) is 63.4 Å². The van der Waals surface area contributed by atoms with E-state index in [1.165, 1.54) is 7.11 Å². The van der Waals surface area contributed by atoms with Crippen LogP contribution in [0.1, 0.15) is 33.1 Å². The lowest BCUT2D eigenvalue weighted by Crippen LogP contribution is -2.61. The quantitative estimate of drug-likeness (QED) is 0.613. The van der Waals surface area contributed by atoms with Crippen molar-refractivity contribution in [3.8, 4) is 0 Å². The van der Waals surface area contributed by atoms with E-state index in [9.17, 15) is 4.79 Å². The maximum absolute atomic E-state index is 12.3. The molecule has 2 atom stereocenters. The average Bonchev–Trinajstić information content (AvgIpc) is 3.31. The van der Waals surface area contributed by atoms with E-state index < -0.39 is 5.54 Å². The van der Waals surface area contributed by atoms with Gasteiger partial charge >= 0.3 is 5.97 Å². The molecule has 0 aromatic carbocycles. The van der Waals surface area contributed by atoms with Gasteiger partial charge in [0, 0.05) is 26.2 Å². The molecule has 1 N–H and O–H groups in total. The Hall–Kier alpha value is -0.650. The Bertz CT molecular complexity index is 307. The average molecular weight is 286 g/mol. The number of hydrogen-bond donors (Lipinski definition) is 1. The van der Waals surface area contributed by atoms with Crippen molar-refractivity contribution in [1.29, 1.82) is 0 Å². The molecule has 0 radical (unpaired) electrons. The highest BCUT2D eigenvalue weighted by Crippen LogP contribution is 2.41. The normalized spacial score (nSPS) is 19.7. The molecule has 1 aliphatic rings. The van der Waals surface area contributed by atoms with Gasteiger partial charge in [-0.3, -0.25) is 4.90 Å². The molecule has 0 bridgehead atoms. The van der Waals surface area contributed by atoms with Gasteiger partial charge in [0.15, 0.2) is 0 Å². The van der Waals surface area contributed by atoms with Crippen LogP contribution in [0.25, 0.3) is 0 Å². The molecule has 0 amide bonds. The largest absolute Gasteiger partial charge is 0.468 e. The minimum absolute atomic E-state index is 0.145. The summed E-state index contributed by atoms with van der Waals surface area (Å²) in [7, 11) is 5.04. The molecule has 1 saturated carbocycles. The molecule has 0 spiro atoms. The first-order valence-corrected chi connectivity index (χ1v) is 7.56. The number of likely N-dealkylation sites (N-methyl/N-ethyl adjacent to an activating group) is 1. The lowest BCUT2D eigenvalue weighted by atomic mass is 9.91. The van der Waals surface area contributed by atoms with E-state index in [1.54, 1.807) is 7.11 Å². The van der Waals surface area contributed by atoms with Crippen LogP contribution in [0.2, 0.25) is 0 Å². The van der Waals surface area contributed by atoms with Gasteiger partial charge in [-0.25, -0.2) is 4.79 Å². The van der Waals surface area contributed by atoms with Crippen molar-refractivity contribution in [2.45, 2.75) is 44.7 Å². The van der Waals surface area contributed by atoms with Gasteiger partial charge < -0.3 is 14.8 Å². The molecule has 1 aliphatic carbocycles. The fraction of sp³-hybridized carbons (Fsp3) is 0.933. The molecule has 0 saturated heterocycles. The predicted octanol–water partition coefficient (Wildman–Crippen LogP) is 1.27. The molecular weight excluding hydrogens is 256 g/mol. The highest BCUT2D eigenvalue weighted by Gasteiger charge is 2.52. The van der Waals surface area contributed by atoms with Crippen molar-refractivity contribution >= 4 is 5.97 Å². The zero-order valence-electron chi connectivity index (χ0n) is 13.6. The summed E-state index contributed by atoms with van der Waals surface area (Å²) in [6, 6.07) is 0.418. The Labute approximate surface area is 123 Å². The second kappa shape index (κ2) is 7.96. The molecule has 0 aromatic rings. The van der Waals surface area contributed by atoms with Gasteiger partial charge in [0.1, 0.15) is 5.54 Å². The second-order valence-electron chi connectivity index (χ2n) is 5.71. The van der Waals surface area contributed by atoms with Crippen molar-refractivity contribution < 1.29 is 14.3 Å². The monoisotopic (exact) mass is 286 g/mol. The molecule has 5 heteroatoms. The van der Waals surface area contributed by atoms with Gasteiger partial charge in [0.05, 0.1) is 13.7 Å². The molecule has 2 unspecified atom stereocenters. The minimum Gasteiger partial charge on any atom is -0.468 e. The van der Waals surface area contributed by atoms with E-state index in [0.29, 0.717) is 25.1 Å². The Morgan fingerprint density at radius 2 is 2.10 bits per heavy atom. The minimum atomic E-state index is -0.577. The predicted molar refractivity (Wildman–Crippen MR) is 79.7 cm³/mol. The first-order chi connectivity index (χ1) is 9.55. The maximum Gasteiger partial charge on any atom is 0.327 e. The van der Waals surface area contributed by atoms with Crippen LogP contribution in [0, 0.1) is 5.92 Å². The fourth-order valence-electron chi connectivity index (χ4n) is 2.75. The molecule has 20 heavy (non-hydrogen) atoms. The van der Waals surface area contributed by atoms with Crippen LogP contribution in [0.5, 0.6) is 0 Å². The third kappa shape index (κ3) is 3.93. The summed E-state index contributed by atoms with van der Waals surface area (Å²) in [5, 5.41) is 3.26. The third-order valence-corrected chi connectivity index (χ3v) is 4.52. The number of esters is 1. The number of nitrogens with one attached hydrogen (secondary N) is 1. The van der Waals surface area contributed by atoms with Crippen LogP contribution < -0.4 is 5.32 Å². The molecule has 0 aliphatic heterocycles. The lowest BCUT2D eigenvalue weighted by Gasteiger charge is -2.38. The smallest absolute Gasteiger partial charge is 0.327 e. The third-order valence-electron chi connectivity index (χ3n) is 4.52. The molecule has 1 rings (SSSR count). The summed E-state index contributed by atoms with van der Waals surface area (Å²) in [6.07, 6.45) is 3.23. The van der Waals surface area contributed by atoms with Gasteiger partial charge in [-0.1, -0.05) is 6.92 Å². The van der Waals surface area contributed by atoms with E-state index in [2.05, 4.69) is 24.1 Å². The second-order valence-corrected chi connectivity index (χ2v) is 5.71. The molecular formula is C15H30N2O3. The summed E-state index contributed by atoms with van der Waals surface area (Å²) in [4.78, 5) is 14.7. The Balaban J connectivity index is 2.86. The Morgan fingerprint density at radius 3 is 2.50 bits per heavy atom. The van der Waals surface area contributed by atoms with Gasteiger partial charge in [0.2, 0.25) is 0 Å². The maximum atomic E-state index is 12.3. The Kier molecular flexibility index (Phi) is 6.92. The summed E-state index contributed by atoms with van der Waals surface area (Å²) < 4.78 is 10.3. The number of ether oxygens (including phenoxy) is 2. The van der Waals surface area contributed by atoms with E-state index >= 15 is 0 Å². The number of carbonyl (C=O) groups excluding carboxylic acids is 1.